The number of aryl methyl sites for hydroxylation is 2. The van der Waals surface area contributed by atoms with Crippen molar-refractivity contribution in [2.75, 3.05) is 182 Å². The van der Waals surface area contributed by atoms with Gasteiger partial charge in [-0.2, -0.15) is 0 Å². The van der Waals surface area contributed by atoms with Gasteiger partial charge in [0, 0.05) is 88.5 Å². The molecule has 648 valence electrons. The number of amides is 7. The van der Waals surface area contributed by atoms with Crippen molar-refractivity contribution in [3.05, 3.63) is 72.3 Å². The number of phenolic OH excluding ortho intramolecular Hbond substituents is 2. The van der Waals surface area contributed by atoms with Gasteiger partial charge in [0.05, 0.1) is 156 Å². The fraction of sp³-hybridized carbons (Fsp3) is 0.662. The third-order valence-corrected chi connectivity index (χ3v) is 18.8. The van der Waals surface area contributed by atoms with Crippen molar-refractivity contribution in [2.24, 2.45) is 0 Å². The van der Waals surface area contributed by atoms with E-state index in [2.05, 4.69) is 57.7 Å². The van der Waals surface area contributed by atoms with Crippen molar-refractivity contribution in [1.29, 1.82) is 0 Å². The molecule has 7 rings (SSSR count). The summed E-state index contributed by atoms with van der Waals surface area (Å²) in [5.41, 5.74) is 4.43. The molecule has 2 fully saturated rings. The van der Waals surface area contributed by atoms with Gasteiger partial charge in [-0.3, -0.25) is 28.7 Å². The molecule has 0 unspecified atom stereocenters. The molecule has 116 heavy (non-hydrogen) atoms. The predicted octanol–water partition coefficient (Wildman–Crippen LogP) is -1.27. The summed E-state index contributed by atoms with van der Waals surface area (Å²) in [6.07, 6.45) is -6.43. The van der Waals surface area contributed by atoms with E-state index in [0.29, 0.717) is 184 Å². The van der Waals surface area contributed by atoms with Crippen molar-refractivity contribution in [3.63, 3.8) is 0 Å². The van der Waals surface area contributed by atoms with Crippen LogP contribution in [-0.2, 0) is 102 Å². The molecular formula is C71H109N13O30P2. The normalized spacial score (nSPS) is 20.1. The van der Waals surface area contributed by atoms with Gasteiger partial charge in [0.15, 0.2) is 11.5 Å². The quantitative estimate of drug-likeness (QED) is 0.0139. The number of carbonyl (C=O) groups is 5. The Morgan fingerprint density at radius 1 is 0.517 bits per heavy atom. The molecule has 0 saturated carbocycles. The first-order chi connectivity index (χ1) is 56.0. The maximum atomic E-state index is 12.6. The molecular weight excluding hydrogens is 1580 g/mol. The fourth-order valence-electron chi connectivity index (χ4n) is 11.3. The SMILES string of the molecule is O=P#CC[C@H]1O[C@H](Oc2ccc(NC(=O)NCCCCc3cn(CCOCCOCCOCCN(CCOCCOCCOCCC(=O)NCCN4C(=O)C=CC4=O)CCOCCOCCOCCn4cc(CCCCNC(=O)Nc5ccc(O[C@H]6O[C@H](CCP(=O)(O)O)[C@@H](O)[C@H](O)[C@@H]6O)c(O)c5)nn4)nn3)cc2O)[C@@H](O)[C@@H](O)[C@@H]1O. The van der Waals surface area contributed by atoms with Gasteiger partial charge in [-0.25, -0.2) is 19.0 Å². The van der Waals surface area contributed by atoms with Crippen LogP contribution >= 0.6 is 15.5 Å². The summed E-state index contributed by atoms with van der Waals surface area (Å²) in [7, 11) is -4.89. The number of nitrogens with zero attached hydrogens (tertiary/aromatic N) is 8. The second-order valence-corrected chi connectivity index (χ2v) is 28.8. The van der Waals surface area contributed by atoms with Crippen LogP contribution < -0.4 is 36.1 Å². The number of hydrogen-bond acceptors (Lipinski definition) is 33. The Hall–Kier alpha value is -7.75. The number of phenols is 2. The Morgan fingerprint density at radius 3 is 1.36 bits per heavy atom. The van der Waals surface area contributed by atoms with Crippen LogP contribution in [0.15, 0.2) is 60.9 Å². The topological polar surface area (TPSA) is 570 Å². The van der Waals surface area contributed by atoms with E-state index in [-0.39, 0.29) is 74.3 Å². The van der Waals surface area contributed by atoms with Gasteiger partial charge in [0.25, 0.3) is 11.8 Å². The number of aromatic hydroxyl groups is 2. The molecule has 3 aliphatic rings. The van der Waals surface area contributed by atoms with E-state index in [0.717, 1.165) is 22.7 Å². The van der Waals surface area contributed by atoms with E-state index >= 15 is 0 Å². The van der Waals surface area contributed by atoms with Crippen LogP contribution in [0.1, 0.15) is 56.3 Å². The van der Waals surface area contributed by atoms with Gasteiger partial charge >= 0.3 is 145 Å². The minimum absolute atomic E-state index is 0.0922. The second-order valence-electron chi connectivity index (χ2n) is 26.5. The van der Waals surface area contributed by atoms with Gasteiger partial charge in [-0.15, -0.1) is 10.2 Å². The number of rotatable bonds is 59. The number of urea groups is 2. The van der Waals surface area contributed by atoms with Gasteiger partial charge < -0.3 is 104 Å². The van der Waals surface area contributed by atoms with Crippen LogP contribution in [0.4, 0.5) is 21.0 Å². The minimum atomic E-state index is -4.46. The summed E-state index contributed by atoms with van der Waals surface area (Å²) in [4.78, 5) is 82.2. The Morgan fingerprint density at radius 2 is 0.931 bits per heavy atom. The summed E-state index contributed by atoms with van der Waals surface area (Å²) in [5, 5.41) is 113. The number of nitrogens with one attached hydrogen (secondary N) is 5. The third kappa shape index (κ3) is 36.6. The molecule has 7 amide bonds. The molecule has 2 saturated heterocycles. The first-order valence-electron chi connectivity index (χ1n) is 38.1. The number of ether oxygens (including phenoxy) is 13. The summed E-state index contributed by atoms with van der Waals surface area (Å²) in [6, 6.07) is 6.82. The van der Waals surface area contributed by atoms with Crippen LogP contribution in [0.5, 0.6) is 23.0 Å². The number of imide groups is 1. The number of unbranched alkanes of at least 4 members (excludes halogenated alkanes) is 2. The molecule has 15 N–H and O–H groups in total. The van der Waals surface area contributed by atoms with Crippen molar-refractivity contribution in [1.82, 2.24) is 55.7 Å². The predicted molar refractivity (Wildman–Crippen MR) is 406 cm³/mol. The zero-order valence-corrected chi connectivity index (χ0v) is 66.1. The monoisotopic (exact) mass is 1690 g/mol. The molecule has 0 bridgehead atoms. The number of carbonyl (C=O) groups excluding carboxylic acids is 5. The zero-order chi connectivity index (χ0) is 83.3. The number of hydrogen-bond donors (Lipinski definition) is 15. The fourth-order valence-corrected chi connectivity index (χ4v) is 12.2. The molecule has 2 aromatic heterocycles. The molecule has 10 atom stereocenters. The van der Waals surface area contributed by atoms with E-state index in [1.54, 1.807) is 9.36 Å². The van der Waals surface area contributed by atoms with Gasteiger partial charge in [0.1, 0.15) is 18.3 Å². The maximum absolute atomic E-state index is 12.6. The number of anilines is 2. The molecule has 2 aromatic carbocycles. The van der Waals surface area contributed by atoms with Gasteiger partial charge in [0.2, 0.25) is 12.2 Å². The number of aromatic nitrogens is 6. The molecule has 0 radical (unpaired) electrons. The first kappa shape index (κ1) is 95.4. The van der Waals surface area contributed by atoms with Crippen LogP contribution in [0.3, 0.4) is 0 Å². The van der Waals surface area contributed by atoms with Crippen molar-refractivity contribution in [3.8, 4) is 28.6 Å². The molecule has 0 aliphatic carbocycles. The Bertz CT molecular complexity index is 3750. The van der Waals surface area contributed by atoms with Crippen molar-refractivity contribution < 1.29 is 145 Å². The molecule has 45 heteroatoms. The molecule has 43 nitrogen and oxygen atoms in total. The average Bonchev–Trinajstić information content (AvgIpc) is 0.993. The van der Waals surface area contributed by atoms with Gasteiger partial charge in [-0.05, 0) is 57.1 Å². The third-order valence-electron chi connectivity index (χ3n) is 17.6. The zero-order valence-electron chi connectivity index (χ0n) is 64.3. The van der Waals surface area contributed by atoms with E-state index in [4.69, 9.17) is 61.6 Å². The van der Waals surface area contributed by atoms with E-state index in [1.165, 1.54) is 48.6 Å². The molecule has 5 heterocycles. The molecule has 3 aliphatic heterocycles. The summed E-state index contributed by atoms with van der Waals surface area (Å²) < 4.78 is 99.3. The Balaban J connectivity index is 0.680. The van der Waals surface area contributed by atoms with Gasteiger partial charge in [-0.1, -0.05) is 10.4 Å². The second kappa shape index (κ2) is 53.6. The van der Waals surface area contributed by atoms with Crippen molar-refractivity contribution in [2.45, 2.75) is 132 Å². The number of aliphatic hydroxyl groups excluding tert-OH is 6. The standard InChI is InChI=1S/C71H109N13O30P2/c85-53-45-49(7-9-55(53)111-68-66(94)64(92)62(90)57(113-68)14-43-115-98)75-70(96)73-16-3-1-5-51-47-82(79-77-51)23-29-106-35-41-109-39-33-104-27-21-81(20-26-103-32-38-108-37-31-102-25-13-59(87)72-18-19-84-60(88)11-12-61(84)89)22-28-105-34-40-110-42-36-107-30-24-83-48-52(78-80-83)6-2-4-17-74-71(97)76-50-8-10-56(54(86)46-50)112-69-67(95)65(93)63(91)58(114-69)15-44-116(99,100)101/h7-12,45-48,57-58,62-69,85-86,90-95H,1-6,13-42,44H2,(H,72,87)(H2,73,75,96)(H2,74,76,97)(H2,99,100,101)/t57-,58-,62-,63-,64+,65+,66+,67+,68+,69+/m1/s1. The summed E-state index contributed by atoms with van der Waals surface area (Å²) in [5.74, 6) is -2.25. The average molecular weight is 1690 g/mol. The Kier molecular flexibility index (Phi) is 44.1. The summed E-state index contributed by atoms with van der Waals surface area (Å²) in [6.45, 7) is 10.2. The van der Waals surface area contributed by atoms with Crippen LogP contribution in [0.25, 0.3) is 0 Å². The molecule has 0 spiro atoms. The van der Waals surface area contributed by atoms with Crippen LogP contribution in [0, 0.1) is 5.63 Å². The van der Waals surface area contributed by atoms with Crippen molar-refractivity contribution >= 4 is 56.7 Å². The van der Waals surface area contributed by atoms with Crippen LogP contribution in [0.2, 0.25) is 0 Å². The van der Waals surface area contributed by atoms with E-state index < -0.39 is 118 Å². The van der Waals surface area contributed by atoms with E-state index in [1.807, 2.05) is 12.4 Å². The van der Waals surface area contributed by atoms with E-state index in [9.17, 15) is 83.7 Å². The summed E-state index contributed by atoms with van der Waals surface area (Å²) >= 11 is 0. The number of aliphatic hydroxyl groups is 6. The molecule has 4 aromatic rings. The first-order valence-corrected chi connectivity index (χ1v) is 40.7. The Labute approximate surface area is 670 Å². The number of benzene rings is 2. The van der Waals surface area contributed by atoms with Crippen LogP contribution in [-0.4, -0.2) is 353 Å².